The first-order chi connectivity index (χ1) is 9.52. The Bertz CT molecular complexity index is 499. The molecule has 1 saturated carbocycles. The zero-order chi connectivity index (χ0) is 14.7. The summed E-state index contributed by atoms with van der Waals surface area (Å²) in [5.74, 6) is 0.451. The predicted octanol–water partition coefficient (Wildman–Crippen LogP) is 3.96. The third-order valence-corrected chi connectivity index (χ3v) is 4.29. The van der Waals surface area contributed by atoms with Gasteiger partial charge in [0.1, 0.15) is 18.0 Å². The van der Waals surface area contributed by atoms with E-state index in [1.165, 1.54) is 18.2 Å². The Morgan fingerprint density at radius 3 is 2.85 bits per heavy atom. The second kappa shape index (κ2) is 6.74. The van der Waals surface area contributed by atoms with Gasteiger partial charge in [0, 0.05) is 30.0 Å². The van der Waals surface area contributed by atoms with Crippen LogP contribution < -0.4 is 4.74 Å². The van der Waals surface area contributed by atoms with E-state index in [9.17, 15) is 10.1 Å². The van der Waals surface area contributed by atoms with Gasteiger partial charge in [0.15, 0.2) is 0 Å². The van der Waals surface area contributed by atoms with Gasteiger partial charge in [-0.05, 0) is 12.5 Å². The van der Waals surface area contributed by atoms with Gasteiger partial charge in [-0.25, -0.2) is 0 Å². The van der Waals surface area contributed by atoms with Crippen molar-refractivity contribution < 1.29 is 14.4 Å². The lowest BCUT2D eigenvalue weighted by Crippen LogP contribution is -2.52. The van der Waals surface area contributed by atoms with Crippen molar-refractivity contribution in [3.05, 3.63) is 33.3 Å². The SMILES string of the molecule is CCCOC1C(Br)CC1Oc1ccc([N+](=O)[O-])cc1Cl. The van der Waals surface area contributed by atoms with Gasteiger partial charge in [-0.3, -0.25) is 10.1 Å². The van der Waals surface area contributed by atoms with Crippen molar-refractivity contribution in [2.24, 2.45) is 0 Å². The highest BCUT2D eigenvalue weighted by Gasteiger charge is 2.42. The van der Waals surface area contributed by atoms with Crippen molar-refractivity contribution in [3.8, 4) is 5.75 Å². The third-order valence-electron chi connectivity index (χ3n) is 3.10. The van der Waals surface area contributed by atoms with Crippen LogP contribution in [-0.4, -0.2) is 28.6 Å². The number of alkyl halides is 1. The van der Waals surface area contributed by atoms with Crippen LogP contribution in [0.1, 0.15) is 19.8 Å². The van der Waals surface area contributed by atoms with Crippen LogP contribution >= 0.6 is 27.5 Å². The highest BCUT2D eigenvalue weighted by molar-refractivity contribution is 9.09. The van der Waals surface area contributed by atoms with Gasteiger partial charge in [-0.2, -0.15) is 0 Å². The van der Waals surface area contributed by atoms with E-state index in [-0.39, 0.29) is 27.7 Å². The van der Waals surface area contributed by atoms with Gasteiger partial charge in [-0.1, -0.05) is 34.5 Å². The number of hydrogen-bond acceptors (Lipinski definition) is 4. The molecule has 2 rings (SSSR count). The summed E-state index contributed by atoms with van der Waals surface area (Å²) in [6.45, 7) is 2.73. The molecule has 1 aromatic rings. The molecule has 3 unspecified atom stereocenters. The summed E-state index contributed by atoms with van der Waals surface area (Å²) < 4.78 is 11.5. The van der Waals surface area contributed by atoms with Crippen molar-refractivity contribution in [2.75, 3.05) is 6.61 Å². The number of nitro benzene ring substituents is 1. The van der Waals surface area contributed by atoms with Crippen LogP contribution in [0.4, 0.5) is 5.69 Å². The number of halogens is 2. The molecule has 3 atom stereocenters. The molecule has 5 nitrogen and oxygen atoms in total. The molecule has 0 aliphatic heterocycles. The minimum absolute atomic E-state index is 0.0128. The molecule has 110 valence electrons. The molecule has 0 bridgehead atoms. The summed E-state index contributed by atoms with van der Waals surface area (Å²) in [5.41, 5.74) is -0.0480. The number of nitro groups is 1. The maximum atomic E-state index is 10.6. The van der Waals surface area contributed by atoms with E-state index < -0.39 is 4.92 Å². The summed E-state index contributed by atoms with van der Waals surface area (Å²) in [5, 5.41) is 10.9. The molecule has 0 aromatic heterocycles. The Labute approximate surface area is 130 Å². The number of non-ortho nitro benzene ring substituents is 1. The monoisotopic (exact) mass is 363 g/mol. The standard InChI is InChI=1S/C13H15BrClNO4/c1-2-5-19-13-9(14)7-12(13)20-11-4-3-8(16(17)18)6-10(11)15/h3-4,6,9,12-13H,2,5,7H2,1H3. The van der Waals surface area contributed by atoms with Gasteiger partial charge in [-0.15, -0.1) is 0 Å². The molecule has 0 heterocycles. The number of rotatable bonds is 6. The Morgan fingerprint density at radius 2 is 2.30 bits per heavy atom. The molecule has 0 N–H and O–H groups in total. The fraction of sp³-hybridized carbons (Fsp3) is 0.538. The van der Waals surface area contributed by atoms with Crippen LogP contribution in [0.2, 0.25) is 5.02 Å². The number of nitrogens with zero attached hydrogens (tertiary/aromatic N) is 1. The molecule has 0 radical (unpaired) electrons. The summed E-state index contributed by atoms with van der Waals surface area (Å²) in [7, 11) is 0. The van der Waals surface area contributed by atoms with Crippen molar-refractivity contribution in [2.45, 2.75) is 36.8 Å². The minimum Gasteiger partial charge on any atom is -0.486 e. The zero-order valence-corrected chi connectivity index (χ0v) is 13.3. The average molecular weight is 365 g/mol. The normalized spacial score (nSPS) is 25.1. The second-order valence-electron chi connectivity index (χ2n) is 4.62. The van der Waals surface area contributed by atoms with Gasteiger partial charge >= 0.3 is 0 Å². The van der Waals surface area contributed by atoms with Gasteiger partial charge < -0.3 is 9.47 Å². The first-order valence-corrected chi connectivity index (χ1v) is 7.68. The Kier molecular flexibility index (Phi) is 5.23. The lowest BCUT2D eigenvalue weighted by atomic mass is 9.91. The Morgan fingerprint density at radius 1 is 1.55 bits per heavy atom. The molecular weight excluding hydrogens is 350 g/mol. The van der Waals surface area contributed by atoms with Crippen LogP contribution in [0.25, 0.3) is 0 Å². The Hall–Kier alpha value is -0.850. The molecule has 1 aliphatic carbocycles. The molecule has 1 fully saturated rings. The first kappa shape index (κ1) is 15.5. The van der Waals surface area contributed by atoms with Crippen LogP contribution in [0, 0.1) is 10.1 Å². The summed E-state index contributed by atoms with van der Waals surface area (Å²) in [6, 6.07) is 4.20. The fourth-order valence-corrected chi connectivity index (χ4v) is 3.05. The van der Waals surface area contributed by atoms with E-state index in [1.54, 1.807) is 0 Å². The second-order valence-corrected chi connectivity index (χ2v) is 6.20. The van der Waals surface area contributed by atoms with Crippen molar-refractivity contribution in [1.82, 2.24) is 0 Å². The summed E-state index contributed by atoms with van der Waals surface area (Å²) >= 11 is 9.54. The van der Waals surface area contributed by atoms with Crippen LogP contribution in [0.5, 0.6) is 5.75 Å². The molecular formula is C13H15BrClNO4. The molecule has 0 amide bonds. The van der Waals surface area contributed by atoms with E-state index in [1.807, 2.05) is 6.92 Å². The van der Waals surface area contributed by atoms with E-state index in [2.05, 4.69) is 15.9 Å². The van der Waals surface area contributed by atoms with Crippen molar-refractivity contribution >= 4 is 33.2 Å². The number of hydrogen-bond donors (Lipinski definition) is 0. The van der Waals surface area contributed by atoms with E-state index in [4.69, 9.17) is 21.1 Å². The molecule has 7 heteroatoms. The van der Waals surface area contributed by atoms with E-state index in [0.717, 1.165) is 12.8 Å². The van der Waals surface area contributed by atoms with Crippen LogP contribution in [-0.2, 0) is 4.74 Å². The fourth-order valence-electron chi connectivity index (χ4n) is 1.97. The van der Waals surface area contributed by atoms with E-state index in [0.29, 0.717) is 12.4 Å². The molecule has 1 aromatic carbocycles. The largest absolute Gasteiger partial charge is 0.486 e. The predicted molar refractivity (Wildman–Crippen MR) is 79.9 cm³/mol. The lowest BCUT2D eigenvalue weighted by Gasteiger charge is -2.41. The highest BCUT2D eigenvalue weighted by atomic mass is 79.9. The summed E-state index contributed by atoms with van der Waals surface area (Å²) in [4.78, 5) is 10.4. The first-order valence-electron chi connectivity index (χ1n) is 6.39. The quantitative estimate of drug-likeness (QED) is 0.435. The minimum atomic E-state index is -0.485. The van der Waals surface area contributed by atoms with Crippen molar-refractivity contribution in [1.29, 1.82) is 0 Å². The van der Waals surface area contributed by atoms with Crippen LogP contribution in [0.3, 0.4) is 0 Å². The maximum Gasteiger partial charge on any atom is 0.271 e. The average Bonchev–Trinajstić information content (AvgIpc) is 2.40. The maximum absolute atomic E-state index is 10.6. The molecule has 20 heavy (non-hydrogen) atoms. The Balaban J connectivity index is 2.01. The topological polar surface area (TPSA) is 61.6 Å². The highest BCUT2D eigenvalue weighted by Crippen LogP contribution is 2.37. The molecule has 1 aliphatic rings. The zero-order valence-electron chi connectivity index (χ0n) is 10.9. The smallest absolute Gasteiger partial charge is 0.271 e. The van der Waals surface area contributed by atoms with Gasteiger partial charge in [0.25, 0.3) is 5.69 Å². The lowest BCUT2D eigenvalue weighted by molar-refractivity contribution is -0.384. The summed E-state index contributed by atoms with van der Waals surface area (Å²) in [6.07, 6.45) is 1.68. The van der Waals surface area contributed by atoms with Gasteiger partial charge in [0.2, 0.25) is 0 Å². The van der Waals surface area contributed by atoms with Gasteiger partial charge in [0.05, 0.1) is 9.95 Å². The number of ether oxygens (including phenoxy) is 2. The molecule has 0 saturated heterocycles. The van der Waals surface area contributed by atoms with E-state index >= 15 is 0 Å². The van der Waals surface area contributed by atoms with Crippen molar-refractivity contribution in [3.63, 3.8) is 0 Å². The van der Waals surface area contributed by atoms with Crippen LogP contribution in [0.15, 0.2) is 18.2 Å². The number of benzene rings is 1. The molecule has 0 spiro atoms. The third kappa shape index (κ3) is 3.42.